The van der Waals surface area contributed by atoms with E-state index in [1.807, 2.05) is 14.1 Å². The van der Waals surface area contributed by atoms with Gasteiger partial charge < -0.3 is 20.4 Å². The maximum Gasteiger partial charge on any atom is 0.244 e. The molecule has 0 saturated carbocycles. The molecule has 1 aliphatic heterocycles. The van der Waals surface area contributed by atoms with Gasteiger partial charge in [-0.05, 0) is 42.3 Å². The largest absolute Gasteiger partial charge is 0.496 e. The summed E-state index contributed by atoms with van der Waals surface area (Å²) in [5.41, 5.74) is 4.50. The molecule has 0 saturated heterocycles. The molecule has 9 nitrogen and oxygen atoms in total. The Balaban J connectivity index is 1.80. The van der Waals surface area contributed by atoms with E-state index in [1.54, 1.807) is 54.8 Å². The molecule has 1 aromatic heterocycles. The molecule has 0 radical (unpaired) electrons. The molecule has 0 fully saturated rings. The van der Waals surface area contributed by atoms with E-state index in [0.29, 0.717) is 28.7 Å². The van der Waals surface area contributed by atoms with E-state index in [0.717, 1.165) is 5.56 Å². The van der Waals surface area contributed by atoms with E-state index in [2.05, 4.69) is 20.7 Å². The van der Waals surface area contributed by atoms with Crippen LogP contribution in [0.2, 0.25) is 5.02 Å². The third-order valence-corrected chi connectivity index (χ3v) is 5.08. The highest BCUT2D eigenvalue weighted by molar-refractivity contribution is 6.30. The summed E-state index contributed by atoms with van der Waals surface area (Å²) < 4.78 is 5.43. The number of carbonyl (C=O) groups excluding carboxylic acids is 2. The second kappa shape index (κ2) is 10.9. The van der Waals surface area contributed by atoms with Crippen LogP contribution in [0.15, 0.2) is 47.7 Å². The van der Waals surface area contributed by atoms with Crippen LogP contribution in [-0.4, -0.2) is 73.4 Å². The average molecular weight is 459 g/mol. The van der Waals surface area contributed by atoms with Crippen molar-refractivity contribution in [2.24, 2.45) is 10.9 Å². The van der Waals surface area contributed by atoms with Gasteiger partial charge in [-0.1, -0.05) is 11.6 Å². The third-order valence-electron chi connectivity index (χ3n) is 4.85. The lowest BCUT2D eigenvalue weighted by Crippen LogP contribution is -2.47. The smallest absolute Gasteiger partial charge is 0.244 e. The zero-order chi connectivity index (χ0) is 23.1. The predicted molar refractivity (Wildman–Crippen MR) is 124 cm³/mol. The van der Waals surface area contributed by atoms with Crippen molar-refractivity contribution in [3.63, 3.8) is 0 Å². The fourth-order valence-corrected chi connectivity index (χ4v) is 3.66. The number of amidine groups is 1. The van der Waals surface area contributed by atoms with E-state index >= 15 is 0 Å². The lowest BCUT2D eigenvalue weighted by molar-refractivity contribution is -0.137. The fourth-order valence-electron chi connectivity index (χ4n) is 3.46. The molecule has 2 N–H and O–H groups in total. The van der Waals surface area contributed by atoms with Crippen molar-refractivity contribution >= 4 is 34.9 Å². The summed E-state index contributed by atoms with van der Waals surface area (Å²) in [4.78, 5) is 36.1. The Labute approximate surface area is 192 Å². The van der Waals surface area contributed by atoms with Gasteiger partial charge >= 0.3 is 0 Å². The van der Waals surface area contributed by atoms with E-state index in [9.17, 15) is 9.59 Å². The first-order valence-corrected chi connectivity index (χ1v) is 10.5. The van der Waals surface area contributed by atoms with E-state index in [4.69, 9.17) is 16.3 Å². The van der Waals surface area contributed by atoms with Crippen molar-refractivity contribution < 1.29 is 14.3 Å². The molecule has 1 aliphatic rings. The Morgan fingerprint density at radius 3 is 2.84 bits per heavy atom. The van der Waals surface area contributed by atoms with Gasteiger partial charge in [-0.2, -0.15) is 0 Å². The minimum atomic E-state index is -0.463. The van der Waals surface area contributed by atoms with Gasteiger partial charge in [-0.3, -0.25) is 19.6 Å². The SMILES string of the molecule is COc1ccc(Cl)cc1C[C@@H]1CN=C(NN(C)C)CN(CC(=O)Nc2cccnc2)C1=O. The van der Waals surface area contributed by atoms with Gasteiger partial charge in [-0.25, -0.2) is 5.01 Å². The van der Waals surface area contributed by atoms with Crippen LogP contribution in [0.4, 0.5) is 5.69 Å². The number of hydrazine groups is 1. The predicted octanol–water partition coefficient (Wildman–Crippen LogP) is 1.85. The number of nitrogens with zero attached hydrogens (tertiary/aromatic N) is 4. The third kappa shape index (κ3) is 6.41. The van der Waals surface area contributed by atoms with E-state index in [-0.39, 0.29) is 31.4 Å². The zero-order valence-corrected chi connectivity index (χ0v) is 19.1. The number of methoxy groups -OCH3 is 1. The van der Waals surface area contributed by atoms with Crippen molar-refractivity contribution in [3.05, 3.63) is 53.3 Å². The molecule has 0 spiro atoms. The van der Waals surface area contributed by atoms with Crippen molar-refractivity contribution in [3.8, 4) is 5.75 Å². The number of hydrogen-bond donors (Lipinski definition) is 2. The quantitative estimate of drug-likeness (QED) is 0.614. The molecule has 2 aromatic rings. The number of nitrogens with one attached hydrogen (secondary N) is 2. The monoisotopic (exact) mass is 458 g/mol. The molecule has 0 bridgehead atoms. The average Bonchev–Trinajstić information content (AvgIpc) is 2.88. The highest BCUT2D eigenvalue weighted by Gasteiger charge is 2.30. The van der Waals surface area contributed by atoms with Crippen LogP contribution in [0.25, 0.3) is 0 Å². The lowest BCUT2D eigenvalue weighted by Gasteiger charge is -2.25. The molecule has 2 heterocycles. The van der Waals surface area contributed by atoms with E-state index < -0.39 is 5.92 Å². The van der Waals surface area contributed by atoms with Crippen LogP contribution in [0.3, 0.4) is 0 Å². The molecule has 0 aliphatic carbocycles. The van der Waals surface area contributed by atoms with Crippen LogP contribution in [0.5, 0.6) is 5.75 Å². The number of carbonyl (C=O) groups is 2. The van der Waals surface area contributed by atoms with Gasteiger partial charge in [0, 0.05) is 25.3 Å². The standard InChI is InChI=1S/C22H27ClN6O3/c1-28(2)27-20-13-29(14-21(30)26-18-5-4-8-24-12-18)22(31)16(11-25-20)9-15-10-17(23)6-7-19(15)32-3/h4-8,10,12,16H,9,11,13-14H2,1-3H3,(H,25,27)(H,26,30)/t16-/m1/s1. The van der Waals surface area contributed by atoms with Crippen LogP contribution in [0.1, 0.15) is 5.56 Å². The molecular formula is C22H27ClN6O3. The van der Waals surface area contributed by atoms with Crippen molar-refractivity contribution in [1.29, 1.82) is 0 Å². The first kappa shape index (κ1) is 23.5. The highest BCUT2D eigenvalue weighted by atomic mass is 35.5. The Morgan fingerprint density at radius 2 is 2.16 bits per heavy atom. The van der Waals surface area contributed by atoms with Gasteiger partial charge in [0.25, 0.3) is 0 Å². The first-order chi connectivity index (χ1) is 15.4. The summed E-state index contributed by atoms with van der Waals surface area (Å²) in [5, 5.41) is 5.08. The van der Waals surface area contributed by atoms with Gasteiger partial charge in [0.1, 0.15) is 18.1 Å². The number of aliphatic imine (C=N–C) groups is 1. The number of anilines is 1. The molecule has 170 valence electrons. The number of pyridine rings is 1. The zero-order valence-electron chi connectivity index (χ0n) is 18.3. The van der Waals surface area contributed by atoms with E-state index in [1.165, 1.54) is 4.90 Å². The molecule has 2 amide bonds. The van der Waals surface area contributed by atoms with Crippen molar-refractivity contribution in [1.82, 2.24) is 20.3 Å². The summed E-state index contributed by atoms with van der Waals surface area (Å²) in [6.07, 6.45) is 3.57. The number of aromatic nitrogens is 1. The summed E-state index contributed by atoms with van der Waals surface area (Å²) in [6.45, 7) is 0.372. The number of hydrogen-bond acceptors (Lipinski definition) is 7. The number of amides is 2. The molecule has 10 heteroatoms. The summed E-state index contributed by atoms with van der Waals surface area (Å²) in [7, 11) is 5.25. The fraction of sp³-hybridized carbons (Fsp3) is 0.364. The Bertz CT molecular complexity index is 983. The highest BCUT2D eigenvalue weighted by Crippen LogP contribution is 2.26. The van der Waals surface area contributed by atoms with Gasteiger partial charge in [-0.15, -0.1) is 0 Å². The normalized spacial score (nSPS) is 16.4. The van der Waals surface area contributed by atoms with Crippen LogP contribution in [0, 0.1) is 5.92 Å². The van der Waals surface area contributed by atoms with Gasteiger partial charge in [0.15, 0.2) is 0 Å². The summed E-state index contributed by atoms with van der Waals surface area (Å²) in [6, 6.07) is 8.78. The maximum atomic E-state index is 13.4. The number of benzene rings is 1. The van der Waals surface area contributed by atoms with Crippen LogP contribution in [-0.2, 0) is 16.0 Å². The van der Waals surface area contributed by atoms with Gasteiger partial charge in [0.2, 0.25) is 11.8 Å². The van der Waals surface area contributed by atoms with Crippen LogP contribution >= 0.6 is 11.6 Å². The molecule has 32 heavy (non-hydrogen) atoms. The molecule has 1 aromatic carbocycles. The molecular weight excluding hydrogens is 432 g/mol. The summed E-state index contributed by atoms with van der Waals surface area (Å²) in [5.74, 6) is 0.334. The summed E-state index contributed by atoms with van der Waals surface area (Å²) >= 11 is 6.16. The second-order valence-corrected chi connectivity index (χ2v) is 8.07. The molecule has 3 rings (SSSR count). The Kier molecular flexibility index (Phi) is 8.02. The van der Waals surface area contributed by atoms with Crippen molar-refractivity contribution in [2.45, 2.75) is 6.42 Å². The number of rotatable bonds is 7. The second-order valence-electron chi connectivity index (χ2n) is 7.64. The Hall–Kier alpha value is -3.17. The Morgan fingerprint density at radius 1 is 1.34 bits per heavy atom. The molecule has 0 unspecified atom stereocenters. The van der Waals surface area contributed by atoms with Crippen molar-refractivity contribution in [2.75, 3.05) is 46.2 Å². The topological polar surface area (TPSA) is 99.2 Å². The minimum absolute atomic E-state index is 0.106. The van der Waals surface area contributed by atoms with Crippen LogP contribution < -0.4 is 15.5 Å². The molecule has 1 atom stereocenters. The number of ether oxygens (including phenoxy) is 1. The van der Waals surface area contributed by atoms with Gasteiger partial charge in [0.05, 0.1) is 38.0 Å². The lowest BCUT2D eigenvalue weighted by atomic mass is 9.97. The maximum absolute atomic E-state index is 13.4. The number of halogens is 1. The minimum Gasteiger partial charge on any atom is -0.496 e. The first-order valence-electron chi connectivity index (χ1n) is 10.1.